The van der Waals surface area contributed by atoms with Crippen LogP contribution in [0.2, 0.25) is 0 Å². The maximum atomic E-state index is 3.51. The van der Waals surface area contributed by atoms with Gasteiger partial charge in [0.05, 0.1) is 0 Å². The molecule has 1 aliphatic heterocycles. The lowest BCUT2D eigenvalue weighted by atomic mass is 10.1. The van der Waals surface area contributed by atoms with E-state index in [1.54, 1.807) is 11.8 Å². The molecule has 2 unspecified atom stereocenters. The Morgan fingerprint density at radius 3 is 2.56 bits per heavy atom. The van der Waals surface area contributed by atoms with Crippen molar-refractivity contribution >= 4 is 17.4 Å². The number of rotatable bonds is 2. The van der Waals surface area contributed by atoms with Crippen LogP contribution < -0.4 is 10.2 Å². The smallest absolute Gasteiger partial charge is 0.0387 e. The predicted molar refractivity (Wildman–Crippen MR) is 72.5 cm³/mol. The van der Waals surface area contributed by atoms with E-state index in [1.807, 2.05) is 0 Å². The molecule has 1 aromatic carbocycles. The van der Waals surface area contributed by atoms with Crippen LogP contribution in [-0.4, -0.2) is 31.4 Å². The Kier molecular flexibility index (Phi) is 3.77. The highest BCUT2D eigenvalue weighted by Crippen LogP contribution is 2.23. The summed E-state index contributed by atoms with van der Waals surface area (Å²) in [6, 6.07) is 10.0. The lowest BCUT2D eigenvalue weighted by molar-refractivity contribution is 0.425. The van der Waals surface area contributed by atoms with Crippen LogP contribution in [0.25, 0.3) is 0 Å². The number of hydrogen-bond acceptors (Lipinski definition) is 3. The third-order valence-corrected chi connectivity index (χ3v) is 3.91. The predicted octanol–water partition coefficient (Wildman–Crippen LogP) is 2.60. The quantitative estimate of drug-likeness (QED) is 0.795. The van der Waals surface area contributed by atoms with Gasteiger partial charge >= 0.3 is 0 Å². The molecule has 0 amide bonds. The summed E-state index contributed by atoms with van der Waals surface area (Å²) in [4.78, 5) is 3.82. The van der Waals surface area contributed by atoms with Gasteiger partial charge in [0.1, 0.15) is 0 Å². The summed E-state index contributed by atoms with van der Waals surface area (Å²) in [7, 11) is 0. The van der Waals surface area contributed by atoms with E-state index in [9.17, 15) is 0 Å². The zero-order valence-electron chi connectivity index (χ0n) is 10.2. The first-order valence-corrected chi connectivity index (χ1v) is 7.07. The van der Waals surface area contributed by atoms with Crippen LogP contribution >= 0.6 is 11.8 Å². The molecule has 0 saturated carbocycles. The second-order valence-electron chi connectivity index (χ2n) is 4.51. The van der Waals surface area contributed by atoms with E-state index < -0.39 is 0 Å². The van der Waals surface area contributed by atoms with Crippen LogP contribution in [-0.2, 0) is 0 Å². The molecule has 1 saturated heterocycles. The van der Waals surface area contributed by atoms with Crippen molar-refractivity contribution in [3.63, 3.8) is 0 Å². The van der Waals surface area contributed by atoms with Gasteiger partial charge < -0.3 is 10.2 Å². The van der Waals surface area contributed by atoms with E-state index in [-0.39, 0.29) is 0 Å². The van der Waals surface area contributed by atoms with Crippen LogP contribution in [0.15, 0.2) is 29.2 Å². The van der Waals surface area contributed by atoms with Crippen molar-refractivity contribution in [2.75, 3.05) is 24.2 Å². The lowest BCUT2D eigenvalue weighted by Crippen LogP contribution is -2.54. The minimum atomic E-state index is 0.580. The fraction of sp³-hybridized carbons (Fsp3) is 0.538. The minimum Gasteiger partial charge on any atom is -0.366 e. The lowest BCUT2D eigenvalue weighted by Gasteiger charge is -2.39. The van der Waals surface area contributed by atoms with E-state index in [4.69, 9.17) is 0 Å². The van der Waals surface area contributed by atoms with Crippen molar-refractivity contribution < 1.29 is 0 Å². The molecule has 88 valence electrons. The fourth-order valence-electron chi connectivity index (χ4n) is 2.16. The molecular formula is C13H20N2S. The first kappa shape index (κ1) is 11.8. The van der Waals surface area contributed by atoms with Crippen LogP contribution in [0.5, 0.6) is 0 Å². The van der Waals surface area contributed by atoms with Gasteiger partial charge in [0.2, 0.25) is 0 Å². The maximum Gasteiger partial charge on any atom is 0.0387 e. The highest BCUT2D eigenvalue weighted by Gasteiger charge is 2.22. The molecule has 1 N–H and O–H groups in total. The van der Waals surface area contributed by atoms with E-state index in [1.165, 1.54) is 10.6 Å². The summed E-state index contributed by atoms with van der Waals surface area (Å²) in [6.45, 7) is 6.70. The Hall–Kier alpha value is -0.670. The summed E-state index contributed by atoms with van der Waals surface area (Å²) in [5.74, 6) is 0. The molecule has 16 heavy (non-hydrogen) atoms. The second kappa shape index (κ2) is 5.11. The Balaban J connectivity index is 2.15. The topological polar surface area (TPSA) is 15.3 Å². The molecular weight excluding hydrogens is 216 g/mol. The number of nitrogens with zero attached hydrogens (tertiary/aromatic N) is 1. The minimum absolute atomic E-state index is 0.580. The van der Waals surface area contributed by atoms with Gasteiger partial charge in [-0.25, -0.2) is 0 Å². The molecule has 2 rings (SSSR count). The van der Waals surface area contributed by atoms with Gasteiger partial charge in [0, 0.05) is 35.8 Å². The Morgan fingerprint density at radius 1 is 1.25 bits per heavy atom. The third kappa shape index (κ3) is 2.53. The summed E-state index contributed by atoms with van der Waals surface area (Å²) in [5.41, 5.74) is 1.35. The van der Waals surface area contributed by atoms with E-state index in [0.717, 1.165) is 13.1 Å². The molecule has 2 atom stereocenters. The molecule has 0 spiro atoms. The maximum absolute atomic E-state index is 3.51. The Bertz CT molecular complexity index is 336. The van der Waals surface area contributed by atoms with E-state index in [2.05, 4.69) is 54.6 Å². The van der Waals surface area contributed by atoms with Gasteiger partial charge in [0.25, 0.3) is 0 Å². The van der Waals surface area contributed by atoms with Crippen molar-refractivity contribution in [3.05, 3.63) is 24.3 Å². The Morgan fingerprint density at radius 2 is 1.94 bits per heavy atom. The number of piperazine rings is 1. The van der Waals surface area contributed by atoms with Gasteiger partial charge in [-0.05, 0) is 44.4 Å². The molecule has 2 nitrogen and oxygen atoms in total. The molecule has 0 aromatic heterocycles. The van der Waals surface area contributed by atoms with Gasteiger partial charge in [-0.15, -0.1) is 11.8 Å². The van der Waals surface area contributed by atoms with Gasteiger partial charge in [0.15, 0.2) is 0 Å². The average Bonchev–Trinajstić information content (AvgIpc) is 2.32. The van der Waals surface area contributed by atoms with Crippen LogP contribution in [0.1, 0.15) is 13.8 Å². The molecule has 1 heterocycles. The summed E-state index contributed by atoms with van der Waals surface area (Å²) < 4.78 is 0. The van der Waals surface area contributed by atoms with Crippen molar-refractivity contribution in [2.24, 2.45) is 0 Å². The molecule has 1 aliphatic rings. The zero-order chi connectivity index (χ0) is 11.5. The van der Waals surface area contributed by atoms with Crippen LogP contribution in [0.3, 0.4) is 0 Å². The standard InChI is InChI=1S/C13H20N2S/c1-10-9-15(11(2)8-14-10)12-4-6-13(16-3)7-5-12/h4-7,10-11,14H,8-9H2,1-3H3. The number of anilines is 1. The number of hydrogen-bond donors (Lipinski definition) is 1. The van der Waals surface area contributed by atoms with Crippen LogP contribution in [0.4, 0.5) is 5.69 Å². The van der Waals surface area contributed by atoms with Gasteiger partial charge in [-0.3, -0.25) is 0 Å². The van der Waals surface area contributed by atoms with E-state index in [0.29, 0.717) is 12.1 Å². The molecule has 1 aromatic rings. The number of nitrogens with one attached hydrogen (secondary N) is 1. The normalized spacial score (nSPS) is 25.8. The van der Waals surface area contributed by atoms with E-state index >= 15 is 0 Å². The monoisotopic (exact) mass is 236 g/mol. The Labute approximate surface area is 102 Å². The van der Waals surface area contributed by atoms with Crippen LogP contribution in [0, 0.1) is 0 Å². The number of benzene rings is 1. The first-order chi connectivity index (χ1) is 7.70. The summed E-state index contributed by atoms with van der Waals surface area (Å²) in [5, 5.41) is 3.51. The first-order valence-electron chi connectivity index (χ1n) is 5.85. The molecule has 3 heteroatoms. The van der Waals surface area contributed by atoms with Crippen molar-refractivity contribution in [3.8, 4) is 0 Å². The van der Waals surface area contributed by atoms with Gasteiger partial charge in [-0.1, -0.05) is 0 Å². The molecule has 0 aliphatic carbocycles. The third-order valence-electron chi connectivity index (χ3n) is 3.17. The van der Waals surface area contributed by atoms with Crippen molar-refractivity contribution in [1.29, 1.82) is 0 Å². The molecule has 1 fully saturated rings. The zero-order valence-corrected chi connectivity index (χ0v) is 11.1. The fourth-order valence-corrected chi connectivity index (χ4v) is 2.56. The molecule has 0 radical (unpaired) electrons. The highest BCUT2D eigenvalue weighted by atomic mass is 32.2. The highest BCUT2D eigenvalue weighted by molar-refractivity contribution is 7.98. The second-order valence-corrected chi connectivity index (χ2v) is 5.39. The average molecular weight is 236 g/mol. The van der Waals surface area contributed by atoms with Crippen molar-refractivity contribution in [2.45, 2.75) is 30.8 Å². The summed E-state index contributed by atoms with van der Waals surface area (Å²) >= 11 is 1.79. The number of thioether (sulfide) groups is 1. The molecule has 0 bridgehead atoms. The van der Waals surface area contributed by atoms with Crippen molar-refractivity contribution in [1.82, 2.24) is 5.32 Å². The van der Waals surface area contributed by atoms with Gasteiger partial charge in [-0.2, -0.15) is 0 Å². The SMILES string of the molecule is CSc1ccc(N2CC(C)NCC2C)cc1. The summed E-state index contributed by atoms with van der Waals surface area (Å²) in [6.07, 6.45) is 2.12. The largest absolute Gasteiger partial charge is 0.366 e.